The zero-order valence-corrected chi connectivity index (χ0v) is 17.1. The molecule has 6 nitrogen and oxygen atoms in total. The molecule has 148 valence electrons. The van der Waals surface area contributed by atoms with Crippen molar-refractivity contribution >= 4 is 28.9 Å². The number of carbonyl (C=O) groups excluding carboxylic acids is 1. The summed E-state index contributed by atoms with van der Waals surface area (Å²) in [5.74, 6) is 0.826. The quantitative estimate of drug-likeness (QED) is 0.610. The van der Waals surface area contributed by atoms with E-state index in [1.807, 2.05) is 60.4 Å². The molecule has 2 aromatic carbocycles. The Labute approximate surface area is 172 Å². The highest BCUT2D eigenvalue weighted by atomic mass is 32.1. The number of fused-ring (bicyclic) bond motifs is 1. The molecule has 0 aliphatic carbocycles. The van der Waals surface area contributed by atoms with E-state index in [9.17, 15) is 9.59 Å². The molecule has 29 heavy (non-hydrogen) atoms. The van der Waals surface area contributed by atoms with Crippen LogP contribution in [0, 0.1) is 0 Å². The maximum atomic E-state index is 12.9. The summed E-state index contributed by atoms with van der Waals surface area (Å²) >= 11 is 1.39. The van der Waals surface area contributed by atoms with Gasteiger partial charge in [-0.05, 0) is 49.8 Å². The maximum absolute atomic E-state index is 12.9. The predicted molar refractivity (Wildman–Crippen MR) is 114 cm³/mol. The van der Waals surface area contributed by atoms with Crippen molar-refractivity contribution in [2.45, 2.75) is 20.5 Å². The summed E-state index contributed by atoms with van der Waals surface area (Å²) < 4.78 is 7.78. The number of anilines is 1. The largest absolute Gasteiger partial charge is 0.494 e. The number of benzene rings is 2. The molecular formula is C22H21N3O3S. The normalized spacial score (nSPS) is 13.7. The standard InChI is InChI=1S/C22H21N3O3S/c1-3-28-19-9-7-16(8-10-19)11-20-21(27)25-14-24(13-23-22(25)29-20)18-6-4-5-17(12-18)15(2)26/h4-12H,3,13-14H2,1-2H3/b20-11+. The molecule has 0 saturated carbocycles. The van der Waals surface area contributed by atoms with Gasteiger partial charge in [0.25, 0.3) is 5.56 Å². The van der Waals surface area contributed by atoms with Crippen LogP contribution in [-0.2, 0) is 6.67 Å². The lowest BCUT2D eigenvalue weighted by molar-refractivity contribution is 0.101. The van der Waals surface area contributed by atoms with Gasteiger partial charge in [0.2, 0.25) is 0 Å². The average molecular weight is 407 g/mol. The fraction of sp³-hybridized carbons (Fsp3) is 0.227. The number of hydrogen-bond acceptors (Lipinski definition) is 6. The first kappa shape index (κ1) is 19.1. The van der Waals surface area contributed by atoms with E-state index in [0.29, 0.717) is 34.8 Å². The molecule has 4 rings (SSSR count). The minimum Gasteiger partial charge on any atom is -0.494 e. The van der Waals surface area contributed by atoms with Gasteiger partial charge in [0, 0.05) is 11.3 Å². The molecule has 0 fully saturated rings. The van der Waals surface area contributed by atoms with E-state index in [-0.39, 0.29) is 11.3 Å². The van der Waals surface area contributed by atoms with Crippen LogP contribution in [0.15, 0.2) is 58.3 Å². The highest BCUT2D eigenvalue weighted by Crippen LogP contribution is 2.18. The first-order chi connectivity index (χ1) is 14.0. The number of nitrogens with zero attached hydrogens (tertiary/aromatic N) is 3. The van der Waals surface area contributed by atoms with Crippen molar-refractivity contribution in [1.29, 1.82) is 0 Å². The number of ether oxygens (including phenoxy) is 1. The fourth-order valence-electron chi connectivity index (χ4n) is 3.18. The van der Waals surface area contributed by atoms with Gasteiger partial charge in [0.15, 0.2) is 10.6 Å². The van der Waals surface area contributed by atoms with Crippen LogP contribution in [0.2, 0.25) is 0 Å². The first-order valence-electron chi connectivity index (χ1n) is 9.40. The van der Waals surface area contributed by atoms with Gasteiger partial charge in [-0.2, -0.15) is 0 Å². The minimum absolute atomic E-state index is 0.0152. The summed E-state index contributed by atoms with van der Waals surface area (Å²) in [6.45, 7) is 4.97. The Kier molecular flexibility index (Phi) is 5.31. The number of hydrogen-bond donors (Lipinski definition) is 0. The molecule has 0 N–H and O–H groups in total. The van der Waals surface area contributed by atoms with E-state index in [1.54, 1.807) is 17.6 Å². The summed E-state index contributed by atoms with van der Waals surface area (Å²) in [5, 5.41) is 0. The predicted octanol–water partition coefficient (Wildman–Crippen LogP) is 2.39. The molecule has 0 radical (unpaired) electrons. The van der Waals surface area contributed by atoms with Gasteiger partial charge in [-0.25, -0.2) is 4.99 Å². The Bertz CT molecular complexity index is 1230. The van der Waals surface area contributed by atoms with E-state index in [2.05, 4.69) is 4.99 Å². The van der Waals surface area contributed by atoms with Crippen LogP contribution >= 0.6 is 11.3 Å². The first-order valence-corrected chi connectivity index (χ1v) is 10.2. The molecule has 1 aromatic heterocycles. The Morgan fingerprint density at radius 3 is 2.76 bits per heavy atom. The van der Waals surface area contributed by atoms with Gasteiger partial charge in [-0.1, -0.05) is 35.6 Å². The second kappa shape index (κ2) is 8.05. The number of Topliss-reactive ketones (excluding diaryl/α,β-unsaturated/α-hetero) is 1. The zero-order valence-electron chi connectivity index (χ0n) is 16.3. The average Bonchev–Trinajstić information content (AvgIpc) is 3.04. The molecule has 2 heterocycles. The van der Waals surface area contributed by atoms with Crippen LogP contribution in [0.4, 0.5) is 5.69 Å². The van der Waals surface area contributed by atoms with Gasteiger partial charge in [-0.15, -0.1) is 0 Å². The SMILES string of the molecule is CCOc1ccc(/C=c2/sc3n(c2=O)CN(c2cccc(C(C)=O)c2)CN=3)cc1. The molecule has 1 aliphatic rings. The zero-order chi connectivity index (χ0) is 20.4. The third kappa shape index (κ3) is 4.00. The molecule has 0 saturated heterocycles. The van der Waals surface area contributed by atoms with E-state index in [0.717, 1.165) is 17.0 Å². The monoisotopic (exact) mass is 407 g/mol. The lowest BCUT2D eigenvalue weighted by atomic mass is 10.1. The van der Waals surface area contributed by atoms with E-state index >= 15 is 0 Å². The molecule has 0 unspecified atom stereocenters. The van der Waals surface area contributed by atoms with Crippen LogP contribution in [0.5, 0.6) is 5.75 Å². The highest BCUT2D eigenvalue weighted by molar-refractivity contribution is 7.07. The van der Waals surface area contributed by atoms with Crippen molar-refractivity contribution in [1.82, 2.24) is 4.57 Å². The Morgan fingerprint density at radius 2 is 2.03 bits per heavy atom. The topological polar surface area (TPSA) is 63.9 Å². The lowest BCUT2D eigenvalue weighted by Gasteiger charge is -2.25. The third-order valence-corrected chi connectivity index (χ3v) is 5.73. The summed E-state index contributed by atoms with van der Waals surface area (Å²) in [4.78, 5) is 31.8. The Hall–Kier alpha value is -3.19. The van der Waals surface area contributed by atoms with Gasteiger partial charge in [0.05, 0.1) is 11.1 Å². The Morgan fingerprint density at radius 1 is 1.24 bits per heavy atom. The molecule has 0 spiro atoms. The van der Waals surface area contributed by atoms with Crippen molar-refractivity contribution in [2.24, 2.45) is 4.99 Å². The van der Waals surface area contributed by atoms with Gasteiger partial charge in [0.1, 0.15) is 19.1 Å². The summed E-state index contributed by atoms with van der Waals surface area (Å²) in [7, 11) is 0. The molecule has 7 heteroatoms. The number of rotatable bonds is 5. The van der Waals surface area contributed by atoms with Crippen LogP contribution in [0.25, 0.3) is 6.08 Å². The van der Waals surface area contributed by atoms with Crippen molar-refractivity contribution in [3.8, 4) is 5.75 Å². The number of ketones is 1. The molecular weight excluding hydrogens is 386 g/mol. The summed E-state index contributed by atoms with van der Waals surface area (Å²) in [6, 6.07) is 15.1. The maximum Gasteiger partial charge on any atom is 0.271 e. The van der Waals surface area contributed by atoms with Gasteiger partial charge >= 0.3 is 0 Å². The van der Waals surface area contributed by atoms with Gasteiger partial charge < -0.3 is 9.64 Å². The summed E-state index contributed by atoms with van der Waals surface area (Å²) in [5.41, 5.74) is 2.41. The molecule has 0 bridgehead atoms. The summed E-state index contributed by atoms with van der Waals surface area (Å²) in [6.07, 6.45) is 1.88. The van der Waals surface area contributed by atoms with Crippen LogP contribution in [0.3, 0.4) is 0 Å². The second-order valence-corrected chi connectivity index (χ2v) is 7.72. The second-order valence-electron chi connectivity index (χ2n) is 6.72. The number of carbonyl (C=O) groups is 1. The van der Waals surface area contributed by atoms with Crippen LogP contribution in [-0.4, -0.2) is 23.6 Å². The lowest BCUT2D eigenvalue weighted by Crippen LogP contribution is -2.42. The van der Waals surface area contributed by atoms with E-state index < -0.39 is 0 Å². The van der Waals surface area contributed by atoms with Crippen molar-refractivity contribution in [2.75, 3.05) is 18.2 Å². The van der Waals surface area contributed by atoms with E-state index in [4.69, 9.17) is 4.74 Å². The Balaban J connectivity index is 1.64. The van der Waals surface area contributed by atoms with Crippen LogP contribution in [0.1, 0.15) is 29.8 Å². The molecule has 1 aliphatic heterocycles. The smallest absolute Gasteiger partial charge is 0.271 e. The highest BCUT2D eigenvalue weighted by Gasteiger charge is 2.16. The number of aromatic nitrogens is 1. The van der Waals surface area contributed by atoms with Crippen molar-refractivity contribution in [3.05, 3.63) is 79.3 Å². The van der Waals surface area contributed by atoms with E-state index in [1.165, 1.54) is 11.3 Å². The fourth-order valence-corrected chi connectivity index (χ4v) is 4.14. The van der Waals surface area contributed by atoms with Crippen LogP contribution < -0.4 is 24.5 Å². The molecule has 0 atom stereocenters. The molecule has 0 amide bonds. The van der Waals surface area contributed by atoms with Crippen molar-refractivity contribution in [3.63, 3.8) is 0 Å². The minimum atomic E-state index is -0.0601. The molecule has 3 aromatic rings. The third-order valence-electron chi connectivity index (χ3n) is 4.68. The van der Waals surface area contributed by atoms with Gasteiger partial charge in [-0.3, -0.25) is 14.2 Å². The number of thiazole rings is 1. The van der Waals surface area contributed by atoms with Crippen molar-refractivity contribution < 1.29 is 9.53 Å².